The van der Waals surface area contributed by atoms with Crippen molar-refractivity contribution in [2.75, 3.05) is 14.2 Å². The number of fused-ring (bicyclic) bond motifs is 8. The monoisotopic (exact) mass is 842 g/mol. The van der Waals surface area contributed by atoms with Gasteiger partial charge in [0.05, 0.1) is 37.0 Å². The van der Waals surface area contributed by atoms with Crippen LogP contribution >= 0.6 is 0 Å². The average molecular weight is 843 g/mol. The third-order valence-electron chi connectivity index (χ3n) is 13.4. The van der Waals surface area contributed by atoms with E-state index in [2.05, 4.69) is 152 Å². The van der Waals surface area contributed by atoms with E-state index in [1.165, 1.54) is 30.9 Å². The number of hydrogen-bond donors (Lipinski definition) is 2. The van der Waals surface area contributed by atoms with Crippen LogP contribution in [0.1, 0.15) is 83.6 Å². The molecule has 10 rings (SSSR count). The van der Waals surface area contributed by atoms with Gasteiger partial charge in [-0.2, -0.15) is 0 Å². The summed E-state index contributed by atoms with van der Waals surface area (Å²) in [6.45, 7) is 8.06. The molecule has 1 saturated carbocycles. The first-order valence-corrected chi connectivity index (χ1v) is 22.1. The molecule has 3 aromatic heterocycles. The number of rotatable bonds is 7. The van der Waals surface area contributed by atoms with Gasteiger partial charge in [-0.1, -0.05) is 89.5 Å². The molecule has 3 aromatic carbocycles. The summed E-state index contributed by atoms with van der Waals surface area (Å²) in [6.07, 6.45) is 11.6. The summed E-state index contributed by atoms with van der Waals surface area (Å²) in [6, 6.07) is 34.6. The zero-order valence-corrected chi connectivity index (χ0v) is 37.1. The van der Waals surface area contributed by atoms with Gasteiger partial charge in [0.1, 0.15) is 0 Å². The van der Waals surface area contributed by atoms with Gasteiger partial charge in [0.15, 0.2) is 0 Å². The normalized spacial score (nSPS) is 17.4. The van der Waals surface area contributed by atoms with Gasteiger partial charge in [0.25, 0.3) is 0 Å². The van der Waals surface area contributed by atoms with Crippen molar-refractivity contribution in [3.8, 4) is 33.4 Å². The van der Waals surface area contributed by atoms with Crippen molar-refractivity contribution in [1.82, 2.24) is 19.9 Å². The number of aromatic amines is 2. The molecular weight excluding hydrogens is 793 g/mol. The minimum absolute atomic E-state index is 0.0132. The Hall–Kier alpha value is -7.32. The van der Waals surface area contributed by atoms with E-state index >= 15 is 0 Å². The highest BCUT2D eigenvalue weighted by molar-refractivity contribution is 6.23. The Kier molecular flexibility index (Phi) is 10.5. The molecule has 5 heterocycles. The number of carbonyl (C=O) groups excluding carboxylic acids is 2. The van der Waals surface area contributed by atoms with E-state index in [1.54, 1.807) is 6.92 Å². The van der Waals surface area contributed by atoms with Crippen molar-refractivity contribution in [3.05, 3.63) is 165 Å². The average Bonchev–Trinajstić information content (AvgIpc) is 4.16. The highest BCUT2D eigenvalue weighted by Gasteiger charge is 2.40. The molecule has 8 bridgehead atoms. The molecule has 2 N–H and O–H groups in total. The number of methoxy groups -OCH3 is 2. The van der Waals surface area contributed by atoms with Crippen LogP contribution < -0.4 is 0 Å². The van der Waals surface area contributed by atoms with Crippen LogP contribution in [0, 0.1) is 26.7 Å². The van der Waals surface area contributed by atoms with E-state index in [9.17, 15) is 9.59 Å². The number of allylic oxidation sites excluding steroid dienone is 2. The van der Waals surface area contributed by atoms with E-state index in [-0.39, 0.29) is 34.9 Å². The number of nitrogens with zero attached hydrogens (tertiary/aromatic N) is 2. The van der Waals surface area contributed by atoms with Gasteiger partial charge < -0.3 is 19.4 Å². The SMILES string of the molecule is COC1=C(OC)C(=O)C(C2CCC(c3c4nc(c(-c5ccc(C)cc5)c5ccc([nH]5)c(-c5ccc(C)cc5)c5nc(c(-c6ccc(C)cc6)c6ccc3[nH]6)C=C5)C=C4)CC2)=C(C)C1=O. The van der Waals surface area contributed by atoms with Gasteiger partial charge in [-0.25, -0.2) is 9.97 Å². The summed E-state index contributed by atoms with van der Waals surface area (Å²) >= 11 is 0. The summed E-state index contributed by atoms with van der Waals surface area (Å²) < 4.78 is 10.8. The Morgan fingerprint density at radius 1 is 0.453 bits per heavy atom. The molecule has 64 heavy (non-hydrogen) atoms. The summed E-state index contributed by atoms with van der Waals surface area (Å²) in [5.74, 6) is -0.559. The van der Waals surface area contributed by atoms with E-state index in [0.29, 0.717) is 11.1 Å². The molecule has 2 aliphatic heterocycles. The van der Waals surface area contributed by atoms with E-state index in [4.69, 9.17) is 19.4 Å². The lowest BCUT2D eigenvalue weighted by atomic mass is 9.72. The van der Waals surface area contributed by atoms with Crippen molar-refractivity contribution >= 4 is 57.9 Å². The number of carbonyl (C=O) groups is 2. The van der Waals surface area contributed by atoms with Gasteiger partial charge in [0, 0.05) is 55.5 Å². The molecule has 1 fully saturated rings. The third kappa shape index (κ3) is 7.13. The molecular formula is C56H50N4O4. The van der Waals surface area contributed by atoms with Gasteiger partial charge in [-0.15, -0.1) is 0 Å². The number of Topliss-reactive ketones (excluding diaryl/α,β-unsaturated/α-hetero) is 2. The number of aromatic nitrogens is 4. The lowest BCUT2D eigenvalue weighted by Gasteiger charge is -2.32. The first kappa shape index (κ1) is 40.7. The third-order valence-corrected chi connectivity index (χ3v) is 13.4. The van der Waals surface area contributed by atoms with Crippen molar-refractivity contribution in [1.29, 1.82) is 0 Å². The summed E-state index contributed by atoms with van der Waals surface area (Å²) in [5.41, 5.74) is 19.3. The van der Waals surface area contributed by atoms with Crippen LogP contribution in [0.25, 0.3) is 79.8 Å². The topological polar surface area (TPSA) is 110 Å². The van der Waals surface area contributed by atoms with Crippen molar-refractivity contribution < 1.29 is 19.1 Å². The van der Waals surface area contributed by atoms with Gasteiger partial charge in [-0.3, -0.25) is 9.59 Å². The molecule has 4 aliphatic rings. The Morgan fingerprint density at radius 3 is 1.25 bits per heavy atom. The molecule has 0 amide bonds. The fourth-order valence-corrected chi connectivity index (χ4v) is 10.1. The van der Waals surface area contributed by atoms with Gasteiger partial charge in [-0.05, 0) is 130 Å². The lowest BCUT2D eigenvalue weighted by Crippen LogP contribution is -2.30. The minimum Gasteiger partial charge on any atom is -0.489 e. The van der Waals surface area contributed by atoms with Crippen LogP contribution in [0.4, 0.5) is 0 Å². The largest absolute Gasteiger partial charge is 0.489 e. The first-order valence-electron chi connectivity index (χ1n) is 22.1. The minimum atomic E-state index is -0.290. The maximum Gasteiger partial charge on any atom is 0.228 e. The Bertz CT molecular complexity index is 3140. The number of nitrogens with one attached hydrogen (secondary N) is 2. The maximum atomic E-state index is 13.9. The standard InChI is InChI=1S/C56H50N4O4/c1-31-7-13-36(14-8-31)49-40-23-25-42(57-40)50(37-15-9-32(2)10-16-37)44-27-29-46(59-44)52(39-21-19-35(20-22-39)48-34(4)53(61)55(63-5)56(64-6)54(48)62)47-30-28-45(60-47)51(43-26-24-41(49)58-43)38-17-11-33(3)12-18-38/h7-18,23-30,35,39,57,60H,19-22H2,1-6H3. The van der Waals surface area contributed by atoms with Crippen LogP contribution in [0.3, 0.4) is 0 Å². The number of ether oxygens (including phenoxy) is 2. The van der Waals surface area contributed by atoms with E-state index in [0.717, 1.165) is 109 Å². The number of benzene rings is 3. The highest BCUT2D eigenvalue weighted by atomic mass is 16.5. The lowest BCUT2D eigenvalue weighted by molar-refractivity contribution is -0.121. The van der Waals surface area contributed by atoms with E-state index in [1.807, 2.05) is 0 Å². The Labute approximate surface area is 373 Å². The summed E-state index contributed by atoms with van der Waals surface area (Å²) in [5, 5.41) is 0. The van der Waals surface area contributed by atoms with Crippen LogP contribution in [0.5, 0.6) is 0 Å². The number of aryl methyl sites for hydroxylation is 3. The zero-order valence-electron chi connectivity index (χ0n) is 37.1. The smallest absolute Gasteiger partial charge is 0.228 e. The van der Waals surface area contributed by atoms with Crippen LogP contribution in [0.2, 0.25) is 0 Å². The first-order chi connectivity index (χ1) is 31.1. The predicted octanol–water partition coefficient (Wildman–Crippen LogP) is 12.8. The molecule has 8 heteroatoms. The molecule has 8 nitrogen and oxygen atoms in total. The molecule has 0 spiro atoms. The second kappa shape index (κ2) is 16.4. The van der Waals surface area contributed by atoms with E-state index < -0.39 is 0 Å². The van der Waals surface area contributed by atoms with Crippen LogP contribution in [0.15, 0.2) is 120 Å². The van der Waals surface area contributed by atoms with Crippen molar-refractivity contribution in [3.63, 3.8) is 0 Å². The fraction of sp³-hybridized carbons (Fsp3) is 0.214. The number of H-pyrrole nitrogens is 2. The number of ketones is 2. The quantitative estimate of drug-likeness (QED) is 0.155. The second-order valence-corrected chi connectivity index (χ2v) is 17.5. The molecule has 0 atom stereocenters. The van der Waals surface area contributed by atoms with Gasteiger partial charge >= 0.3 is 0 Å². The van der Waals surface area contributed by atoms with Crippen LogP contribution in [-0.2, 0) is 19.1 Å². The molecule has 318 valence electrons. The zero-order chi connectivity index (χ0) is 44.2. The summed E-state index contributed by atoms with van der Waals surface area (Å²) in [7, 11) is 2.82. The summed E-state index contributed by atoms with van der Waals surface area (Å²) in [4.78, 5) is 46.0. The highest BCUT2D eigenvalue weighted by Crippen LogP contribution is 2.45. The molecule has 0 unspecified atom stereocenters. The molecule has 0 radical (unpaired) electrons. The van der Waals surface area contributed by atoms with Crippen molar-refractivity contribution in [2.45, 2.75) is 59.3 Å². The fourth-order valence-electron chi connectivity index (χ4n) is 10.1. The molecule has 6 aromatic rings. The Morgan fingerprint density at radius 2 is 0.812 bits per heavy atom. The molecule has 0 saturated heterocycles. The van der Waals surface area contributed by atoms with Crippen molar-refractivity contribution in [2.24, 2.45) is 5.92 Å². The second-order valence-electron chi connectivity index (χ2n) is 17.5. The maximum absolute atomic E-state index is 13.9. The predicted molar refractivity (Wildman–Crippen MR) is 258 cm³/mol. The van der Waals surface area contributed by atoms with Crippen LogP contribution in [-0.4, -0.2) is 45.7 Å². The van der Waals surface area contributed by atoms with Gasteiger partial charge in [0.2, 0.25) is 23.1 Å². The Balaban J connectivity index is 1.22. The number of hydrogen-bond acceptors (Lipinski definition) is 6. The molecule has 2 aliphatic carbocycles.